The smallest absolute Gasteiger partial charge is 0.350 e. The Labute approximate surface area is 145 Å². The van der Waals surface area contributed by atoms with Crippen molar-refractivity contribution in [1.82, 2.24) is 15.1 Å². The largest absolute Gasteiger partial charge is 0.436 e. The molecule has 0 saturated heterocycles. The number of amides is 1. The summed E-state index contributed by atoms with van der Waals surface area (Å²) in [5.41, 5.74) is -0.236. The van der Waals surface area contributed by atoms with Gasteiger partial charge in [-0.15, -0.1) is 0 Å². The van der Waals surface area contributed by atoms with Crippen molar-refractivity contribution in [2.24, 2.45) is 0 Å². The molecule has 2 aromatic rings. The SMILES string of the molecule is O=C(Cn1nc(C(F)(F)F)c(Cl)c1C1CC1)NCc1ccc(F)cc1. The molecule has 1 aromatic heterocycles. The van der Waals surface area contributed by atoms with E-state index in [-0.39, 0.29) is 24.7 Å². The van der Waals surface area contributed by atoms with Gasteiger partial charge < -0.3 is 5.32 Å². The van der Waals surface area contributed by atoms with E-state index in [1.165, 1.54) is 24.3 Å². The topological polar surface area (TPSA) is 46.9 Å². The average molecular weight is 376 g/mol. The molecular formula is C16H14ClF4N3O. The van der Waals surface area contributed by atoms with E-state index in [1.807, 2.05) is 0 Å². The molecule has 1 N–H and O–H groups in total. The van der Waals surface area contributed by atoms with E-state index in [4.69, 9.17) is 11.6 Å². The molecule has 0 bridgehead atoms. The van der Waals surface area contributed by atoms with Crippen molar-refractivity contribution in [2.75, 3.05) is 0 Å². The Balaban J connectivity index is 1.71. The summed E-state index contributed by atoms with van der Waals surface area (Å²) in [6, 6.07) is 5.54. The van der Waals surface area contributed by atoms with E-state index in [1.54, 1.807) is 0 Å². The van der Waals surface area contributed by atoms with Crippen LogP contribution >= 0.6 is 11.6 Å². The Kier molecular flexibility index (Phi) is 4.73. The highest BCUT2D eigenvalue weighted by Crippen LogP contribution is 2.46. The zero-order valence-electron chi connectivity index (χ0n) is 12.9. The molecule has 0 radical (unpaired) electrons. The van der Waals surface area contributed by atoms with E-state index in [0.29, 0.717) is 5.56 Å². The van der Waals surface area contributed by atoms with Crippen molar-refractivity contribution >= 4 is 17.5 Å². The second kappa shape index (κ2) is 6.67. The lowest BCUT2D eigenvalue weighted by Crippen LogP contribution is -2.28. The van der Waals surface area contributed by atoms with Crippen molar-refractivity contribution in [1.29, 1.82) is 0 Å². The minimum atomic E-state index is -4.67. The molecule has 1 aromatic carbocycles. The normalized spacial score (nSPS) is 14.6. The van der Waals surface area contributed by atoms with Gasteiger partial charge >= 0.3 is 6.18 Å². The average Bonchev–Trinajstić information content (AvgIpc) is 3.30. The molecule has 1 heterocycles. The Morgan fingerprint density at radius 2 is 1.92 bits per heavy atom. The van der Waals surface area contributed by atoms with Crippen molar-refractivity contribution in [3.63, 3.8) is 0 Å². The number of halogens is 5. The van der Waals surface area contributed by atoms with Crippen molar-refractivity contribution in [2.45, 2.75) is 38.0 Å². The van der Waals surface area contributed by atoms with Crippen LogP contribution in [0.2, 0.25) is 5.02 Å². The third-order valence-electron chi connectivity index (χ3n) is 3.86. The molecule has 134 valence electrons. The molecule has 25 heavy (non-hydrogen) atoms. The number of hydrogen-bond acceptors (Lipinski definition) is 2. The Morgan fingerprint density at radius 3 is 2.48 bits per heavy atom. The molecule has 0 aliphatic heterocycles. The first kappa shape index (κ1) is 17.7. The number of carbonyl (C=O) groups is 1. The van der Waals surface area contributed by atoms with Gasteiger partial charge in [-0.1, -0.05) is 23.7 Å². The zero-order chi connectivity index (χ0) is 18.2. The molecule has 1 saturated carbocycles. The highest BCUT2D eigenvalue weighted by atomic mass is 35.5. The van der Waals surface area contributed by atoms with Crippen molar-refractivity contribution in [3.05, 3.63) is 52.1 Å². The van der Waals surface area contributed by atoms with Gasteiger partial charge in [0.05, 0.1) is 10.7 Å². The van der Waals surface area contributed by atoms with E-state index >= 15 is 0 Å². The maximum Gasteiger partial charge on any atom is 0.436 e. The molecule has 1 aliphatic rings. The van der Waals surface area contributed by atoms with Gasteiger partial charge in [-0.05, 0) is 30.5 Å². The molecule has 1 fully saturated rings. The second-order valence-electron chi connectivity index (χ2n) is 5.88. The molecule has 0 unspecified atom stereocenters. The molecule has 1 aliphatic carbocycles. The lowest BCUT2D eigenvalue weighted by molar-refractivity contribution is -0.141. The van der Waals surface area contributed by atoms with Crippen molar-refractivity contribution < 1.29 is 22.4 Å². The lowest BCUT2D eigenvalue weighted by Gasteiger charge is -2.08. The van der Waals surface area contributed by atoms with E-state index in [0.717, 1.165) is 17.5 Å². The molecule has 4 nitrogen and oxygen atoms in total. The maximum atomic E-state index is 13.0. The maximum absolute atomic E-state index is 13.0. The first-order valence-corrected chi connectivity index (χ1v) is 7.98. The molecular weight excluding hydrogens is 362 g/mol. The number of benzene rings is 1. The minimum Gasteiger partial charge on any atom is -0.350 e. The van der Waals surface area contributed by atoms with Gasteiger partial charge in [0.15, 0.2) is 5.69 Å². The van der Waals surface area contributed by atoms with Gasteiger partial charge in [0.2, 0.25) is 5.91 Å². The van der Waals surface area contributed by atoms with Crippen LogP contribution < -0.4 is 5.32 Å². The van der Waals surface area contributed by atoms with Gasteiger partial charge in [0.25, 0.3) is 0 Å². The van der Waals surface area contributed by atoms with Crippen LogP contribution in [0.4, 0.5) is 17.6 Å². The first-order valence-electron chi connectivity index (χ1n) is 7.60. The predicted molar refractivity (Wildman–Crippen MR) is 82.5 cm³/mol. The fraction of sp³-hybridized carbons (Fsp3) is 0.375. The van der Waals surface area contributed by atoms with E-state index in [9.17, 15) is 22.4 Å². The van der Waals surface area contributed by atoms with Gasteiger partial charge in [-0.25, -0.2) is 4.39 Å². The van der Waals surface area contributed by atoms with Gasteiger partial charge in [0, 0.05) is 12.5 Å². The number of carbonyl (C=O) groups excluding carboxylic acids is 1. The third kappa shape index (κ3) is 4.12. The number of alkyl halides is 3. The summed E-state index contributed by atoms with van der Waals surface area (Å²) < 4.78 is 52.8. The molecule has 9 heteroatoms. The summed E-state index contributed by atoms with van der Waals surface area (Å²) >= 11 is 5.85. The summed E-state index contributed by atoms with van der Waals surface area (Å²) in [4.78, 5) is 12.0. The fourth-order valence-corrected chi connectivity index (χ4v) is 2.89. The van der Waals surface area contributed by atoms with Gasteiger partial charge in [-0.2, -0.15) is 18.3 Å². The quantitative estimate of drug-likeness (QED) is 0.806. The standard InChI is InChI=1S/C16H14ClF4N3O/c17-13-14(10-3-4-10)24(23-15(13)16(19,20)21)8-12(25)22-7-9-1-5-11(18)6-2-9/h1-2,5-6,10H,3-4,7-8H2,(H,22,25). The van der Waals surface area contributed by atoms with Crippen LogP contribution in [0, 0.1) is 5.82 Å². The van der Waals surface area contributed by atoms with Crippen molar-refractivity contribution in [3.8, 4) is 0 Å². The highest BCUT2D eigenvalue weighted by molar-refractivity contribution is 6.32. The van der Waals surface area contributed by atoms with Crippen LogP contribution in [-0.2, 0) is 24.1 Å². The minimum absolute atomic E-state index is 0.0963. The summed E-state index contributed by atoms with van der Waals surface area (Å²) in [5.74, 6) is -0.991. The van der Waals surface area contributed by atoms with Gasteiger partial charge in [0.1, 0.15) is 12.4 Å². The Bertz CT molecular complexity index is 782. The number of hydrogen-bond donors (Lipinski definition) is 1. The summed E-state index contributed by atoms with van der Waals surface area (Å²) in [6.07, 6.45) is -3.23. The number of nitrogens with zero attached hydrogens (tertiary/aromatic N) is 2. The first-order chi connectivity index (χ1) is 11.8. The van der Waals surface area contributed by atoms with Crippen LogP contribution in [-0.4, -0.2) is 15.7 Å². The fourth-order valence-electron chi connectivity index (χ4n) is 2.50. The third-order valence-corrected chi connectivity index (χ3v) is 4.23. The Morgan fingerprint density at radius 1 is 1.28 bits per heavy atom. The summed E-state index contributed by atoms with van der Waals surface area (Å²) in [6.45, 7) is -0.220. The number of nitrogens with one attached hydrogen (secondary N) is 1. The van der Waals surface area contributed by atoms with Gasteiger partial charge in [-0.3, -0.25) is 9.48 Å². The predicted octanol–water partition coefficient (Wildman–Crippen LogP) is 3.89. The number of rotatable bonds is 5. The molecule has 0 atom stereocenters. The van der Waals surface area contributed by atoms with E-state index < -0.39 is 28.6 Å². The zero-order valence-corrected chi connectivity index (χ0v) is 13.7. The van der Waals surface area contributed by atoms with Crippen LogP contribution in [0.1, 0.15) is 35.7 Å². The molecule has 3 rings (SSSR count). The summed E-state index contributed by atoms with van der Waals surface area (Å²) in [7, 11) is 0. The molecule has 1 amide bonds. The van der Waals surface area contributed by atoms with E-state index in [2.05, 4.69) is 10.4 Å². The van der Waals surface area contributed by atoms with Crippen LogP contribution in [0.25, 0.3) is 0 Å². The molecule has 0 spiro atoms. The van der Waals surface area contributed by atoms with Crippen LogP contribution in [0.15, 0.2) is 24.3 Å². The lowest BCUT2D eigenvalue weighted by atomic mass is 10.2. The highest BCUT2D eigenvalue weighted by Gasteiger charge is 2.42. The number of aromatic nitrogens is 2. The summed E-state index contributed by atoms with van der Waals surface area (Å²) in [5, 5.41) is 5.64. The van der Waals surface area contributed by atoms with Crippen LogP contribution in [0.5, 0.6) is 0 Å². The monoisotopic (exact) mass is 375 g/mol. The van der Waals surface area contributed by atoms with Crippen LogP contribution in [0.3, 0.4) is 0 Å². The Hall–Kier alpha value is -2.09. The second-order valence-corrected chi connectivity index (χ2v) is 6.26.